The first-order valence-corrected chi connectivity index (χ1v) is 15.4. The minimum absolute atomic E-state index is 0.0498. The van der Waals surface area contributed by atoms with E-state index in [1.165, 1.54) is 24.1 Å². The van der Waals surface area contributed by atoms with Crippen LogP contribution in [0, 0.1) is 6.92 Å². The number of ether oxygens (including phenoxy) is 1. The maximum absolute atomic E-state index is 14.2. The van der Waals surface area contributed by atoms with Gasteiger partial charge in [-0.1, -0.05) is 68.4 Å². The lowest BCUT2D eigenvalue weighted by Gasteiger charge is -2.34. The van der Waals surface area contributed by atoms with E-state index < -0.39 is 28.5 Å². The van der Waals surface area contributed by atoms with Gasteiger partial charge in [0.25, 0.3) is 10.0 Å². The summed E-state index contributed by atoms with van der Waals surface area (Å²) in [5.41, 5.74) is 2.07. The van der Waals surface area contributed by atoms with E-state index >= 15 is 0 Å². The Hall–Kier alpha value is -3.85. The molecule has 0 saturated heterocycles. The summed E-state index contributed by atoms with van der Waals surface area (Å²) < 4.78 is 34.7. The Morgan fingerprint density at radius 1 is 0.927 bits per heavy atom. The molecular formula is C32H41N3O5S. The van der Waals surface area contributed by atoms with Gasteiger partial charge in [-0.2, -0.15) is 0 Å². The fourth-order valence-electron chi connectivity index (χ4n) is 4.56. The third-order valence-corrected chi connectivity index (χ3v) is 8.86. The smallest absolute Gasteiger partial charge is 0.264 e. The van der Waals surface area contributed by atoms with Crippen LogP contribution in [0.5, 0.6) is 5.75 Å². The van der Waals surface area contributed by atoms with Gasteiger partial charge in [0.1, 0.15) is 18.3 Å². The number of carbonyl (C=O) groups excluding carboxylic acids is 2. The molecule has 2 amide bonds. The molecular weight excluding hydrogens is 538 g/mol. The van der Waals surface area contributed by atoms with Crippen LogP contribution in [0.25, 0.3) is 0 Å². The summed E-state index contributed by atoms with van der Waals surface area (Å²) in [7, 11) is -2.71. The molecule has 0 aliphatic heterocycles. The van der Waals surface area contributed by atoms with E-state index in [2.05, 4.69) is 5.32 Å². The highest BCUT2D eigenvalue weighted by molar-refractivity contribution is 7.92. The minimum atomic E-state index is -4.17. The molecule has 0 spiro atoms. The van der Waals surface area contributed by atoms with Crippen LogP contribution in [0.15, 0.2) is 83.8 Å². The van der Waals surface area contributed by atoms with Crippen molar-refractivity contribution in [1.82, 2.24) is 10.2 Å². The molecule has 220 valence electrons. The summed E-state index contributed by atoms with van der Waals surface area (Å²) in [5.74, 6) is -0.413. The summed E-state index contributed by atoms with van der Waals surface area (Å²) >= 11 is 0. The Morgan fingerprint density at radius 2 is 1.56 bits per heavy atom. The predicted octanol–water partition coefficient (Wildman–Crippen LogP) is 4.96. The first-order chi connectivity index (χ1) is 19.6. The molecule has 0 bridgehead atoms. The molecule has 0 saturated carbocycles. The number of benzene rings is 3. The summed E-state index contributed by atoms with van der Waals surface area (Å²) in [5, 5.41) is 3.00. The Labute approximate surface area is 244 Å². The van der Waals surface area contributed by atoms with E-state index in [4.69, 9.17) is 4.74 Å². The van der Waals surface area contributed by atoms with Gasteiger partial charge in [0.05, 0.1) is 17.7 Å². The second-order valence-electron chi connectivity index (χ2n) is 10.1. The molecule has 8 nitrogen and oxygen atoms in total. The van der Waals surface area contributed by atoms with Crippen LogP contribution < -0.4 is 14.4 Å². The lowest BCUT2D eigenvalue weighted by atomic mass is 10.1. The standard InChI is InChI=1S/C32H41N3O5S/c1-6-25(4)33-32(37)28(7-2)34(21-20-26-14-10-8-11-15-26)31(36)23-35(29-22-24(3)18-19-30(29)40-5)41(38,39)27-16-12-9-13-17-27/h8-19,22,25,28H,6-7,20-21,23H2,1-5H3,(H,33,37)/t25-,28-/m1/s1. The predicted molar refractivity (Wildman–Crippen MR) is 163 cm³/mol. The second-order valence-corrected chi connectivity index (χ2v) is 11.9. The molecule has 0 aliphatic carbocycles. The Morgan fingerprint density at radius 3 is 2.15 bits per heavy atom. The Bertz CT molecular complexity index is 1400. The van der Waals surface area contributed by atoms with Crippen molar-refractivity contribution in [1.29, 1.82) is 0 Å². The number of sulfonamides is 1. The molecule has 0 unspecified atom stereocenters. The van der Waals surface area contributed by atoms with Crippen molar-refractivity contribution in [3.63, 3.8) is 0 Å². The van der Waals surface area contributed by atoms with Gasteiger partial charge in [0.15, 0.2) is 0 Å². The number of carbonyl (C=O) groups is 2. The van der Waals surface area contributed by atoms with Gasteiger partial charge in [-0.05, 0) is 68.5 Å². The van der Waals surface area contributed by atoms with E-state index in [9.17, 15) is 18.0 Å². The third kappa shape index (κ3) is 8.10. The number of methoxy groups -OCH3 is 1. The fraction of sp³-hybridized carbons (Fsp3) is 0.375. The maximum Gasteiger partial charge on any atom is 0.264 e. The van der Waals surface area contributed by atoms with Crippen molar-refractivity contribution >= 4 is 27.5 Å². The largest absolute Gasteiger partial charge is 0.495 e. The number of nitrogens with one attached hydrogen (secondary N) is 1. The summed E-state index contributed by atoms with van der Waals surface area (Å²) in [6.07, 6.45) is 1.64. The molecule has 0 fully saturated rings. The average Bonchev–Trinajstić information content (AvgIpc) is 2.98. The number of rotatable bonds is 14. The van der Waals surface area contributed by atoms with Crippen molar-refractivity contribution in [3.8, 4) is 5.75 Å². The molecule has 41 heavy (non-hydrogen) atoms. The third-order valence-electron chi connectivity index (χ3n) is 7.08. The fourth-order valence-corrected chi connectivity index (χ4v) is 6.00. The zero-order valence-electron chi connectivity index (χ0n) is 24.5. The van der Waals surface area contributed by atoms with E-state index in [1.807, 2.05) is 64.1 Å². The van der Waals surface area contributed by atoms with Crippen LogP contribution in [0.4, 0.5) is 5.69 Å². The van der Waals surface area contributed by atoms with Gasteiger partial charge in [-0.15, -0.1) is 0 Å². The highest BCUT2D eigenvalue weighted by Gasteiger charge is 2.34. The molecule has 3 aromatic rings. The second kappa shape index (κ2) is 14.7. The van der Waals surface area contributed by atoms with Gasteiger partial charge < -0.3 is 15.0 Å². The molecule has 0 aliphatic rings. The van der Waals surface area contributed by atoms with Crippen LogP contribution in [0.3, 0.4) is 0 Å². The number of hydrogen-bond acceptors (Lipinski definition) is 5. The number of aryl methyl sites for hydroxylation is 1. The zero-order chi connectivity index (χ0) is 30.0. The number of hydrogen-bond donors (Lipinski definition) is 1. The van der Waals surface area contributed by atoms with Crippen LogP contribution in [-0.4, -0.2) is 57.4 Å². The van der Waals surface area contributed by atoms with Crippen LogP contribution in [0.1, 0.15) is 44.7 Å². The Balaban J connectivity index is 2.06. The molecule has 0 aromatic heterocycles. The molecule has 3 rings (SSSR count). The quantitative estimate of drug-likeness (QED) is 0.291. The van der Waals surface area contributed by atoms with Gasteiger partial charge >= 0.3 is 0 Å². The van der Waals surface area contributed by atoms with E-state index in [1.54, 1.807) is 30.3 Å². The van der Waals surface area contributed by atoms with Crippen molar-refractivity contribution in [2.24, 2.45) is 0 Å². The minimum Gasteiger partial charge on any atom is -0.495 e. The van der Waals surface area contributed by atoms with E-state index in [0.29, 0.717) is 18.6 Å². The number of nitrogens with zero attached hydrogens (tertiary/aromatic N) is 2. The van der Waals surface area contributed by atoms with Crippen LogP contribution in [0.2, 0.25) is 0 Å². The Kier molecular flexibility index (Phi) is 11.3. The molecule has 3 aromatic carbocycles. The first kappa shape index (κ1) is 31.7. The number of anilines is 1. The molecule has 9 heteroatoms. The maximum atomic E-state index is 14.2. The van der Waals surface area contributed by atoms with Gasteiger partial charge in [0.2, 0.25) is 11.8 Å². The molecule has 0 radical (unpaired) electrons. The lowest BCUT2D eigenvalue weighted by molar-refractivity contribution is -0.139. The van der Waals surface area contributed by atoms with Crippen molar-refractivity contribution < 1.29 is 22.7 Å². The van der Waals surface area contributed by atoms with Crippen molar-refractivity contribution in [2.75, 3.05) is 24.5 Å². The van der Waals surface area contributed by atoms with Crippen LogP contribution >= 0.6 is 0 Å². The normalized spacial score (nSPS) is 12.7. The van der Waals surface area contributed by atoms with Gasteiger partial charge in [-0.25, -0.2) is 8.42 Å². The van der Waals surface area contributed by atoms with E-state index in [0.717, 1.165) is 21.9 Å². The van der Waals surface area contributed by atoms with Crippen molar-refractivity contribution in [2.45, 2.75) is 63.9 Å². The van der Waals surface area contributed by atoms with E-state index in [-0.39, 0.29) is 29.1 Å². The van der Waals surface area contributed by atoms with Crippen molar-refractivity contribution in [3.05, 3.63) is 90.0 Å². The first-order valence-electron chi connectivity index (χ1n) is 14.0. The highest BCUT2D eigenvalue weighted by atomic mass is 32.2. The summed E-state index contributed by atoms with van der Waals surface area (Å²) in [6.45, 7) is 7.34. The lowest BCUT2D eigenvalue weighted by Crippen LogP contribution is -2.54. The zero-order valence-corrected chi connectivity index (χ0v) is 25.4. The topological polar surface area (TPSA) is 96.0 Å². The SMILES string of the molecule is CC[C@@H](C)NC(=O)[C@@H](CC)N(CCc1ccccc1)C(=O)CN(c1cc(C)ccc1OC)S(=O)(=O)c1ccccc1. The molecule has 0 heterocycles. The molecule has 2 atom stereocenters. The average molecular weight is 580 g/mol. The monoisotopic (exact) mass is 579 g/mol. The number of amides is 2. The highest BCUT2D eigenvalue weighted by Crippen LogP contribution is 2.33. The van der Waals surface area contributed by atoms with Gasteiger partial charge in [-0.3, -0.25) is 13.9 Å². The summed E-state index contributed by atoms with van der Waals surface area (Å²) in [4.78, 5) is 29.1. The van der Waals surface area contributed by atoms with Gasteiger partial charge in [0, 0.05) is 12.6 Å². The van der Waals surface area contributed by atoms with Crippen LogP contribution in [-0.2, 0) is 26.0 Å². The molecule has 1 N–H and O–H groups in total. The summed E-state index contributed by atoms with van der Waals surface area (Å²) in [6, 6.07) is 22.1.